The second-order valence-corrected chi connectivity index (χ2v) is 10.5. The Morgan fingerprint density at radius 1 is 1.22 bits per heavy atom. The summed E-state index contributed by atoms with van der Waals surface area (Å²) in [5.74, 6) is 0.261. The molecule has 0 spiro atoms. The molecule has 36 heavy (non-hydrogen) atoms. The van der Waals surface area contributed by atoms with E-state index in [9.17, 15) is 14.7 Å². The van der Waals surface area contributed by atoms with E-state index in [4.69, 9.17) is 9.47 Å². The molecule has 0 bridgehead atoms. The number of likely N-dealkylation sites (N-methyl/N-ethyl adjacent to an activating group) is 1. The molecule has 0 radical (unpaired) electrons. The Hall–Kier alpha value is -2.36. The smallest absolute Gasteiger partial charge is 0.319 e. The van der Waals surface area contributed by atoms with Crippen LogP contribution in [0, 0.1) is 5.92 Å². The molecular weight excluding hydrogens is 460 g/mol. The first-order valence-electron chi connectivity index (χ1n) is 13.1. The van der Waals surface area contributed by atoms with Crippen molar-refractivity contribution < 1.29 is 24.2 Å². The number of benzene rings is 1. The van der Waals surface area contributed by atoms with Gasteiger partial charge in [-0.2, -0.15) is 0 Å². The highest BCUT2D eigenvalue weighted by Gasteiger charge is 2.30. The van der Waals surface area contributed by atoms with Crippen molar-refractivity contribution in [1.29, 1.82) is 0 Å². The largest absolute Gasteiger partial charge is 0.490 e. The molecule has 204 valence electrons. The SMILES string of the molecule is CC(C)NC(=O)Nc1ccc2c(c1)C(=O)N([C@H](C)CO)C[C@@H](C)[C@@H](CN(C)C)OCCCC[C@@H](C)O2. The number of nitrogens with zero attached hydrogens (tertiary/aromatic N) is 2. The monoisotopic (exact) mass is 506 g/mol. The van der Waals surface area contributed by atoms with Gasteiger partial charge in [0, 0.05) is 37.3 Å². The van der Waals surface area contributed by atoms with Gasteiger partial charge in [-0.3, -0.25) is 4.79 Å². The summed E-state index contributed by atoms with van der Waals surface area (Å²) in [7, 11) is 4.03. The lowest BCUT2D eigenvalue weighted by Crippen LogP contribution is -2.47. The normalized spacial score (nSPS) is 23.0. The van der Waals surface area contributed by atoms with E-state index in [2.05, 4.69) is 22.5 Å². The maximum atomic E-state index is 14.0. The van der Waals surface area contributed by atoms with Crippen LogP contribution < -0.4 is 15.4 Å². The molecule has 9 heteroatoms. The van der Waals surface area contributed by atoms with Gasteiger partial charge in [0.25, 0.3) is 5.91 Å². The fourth-order valence-electron chi connectivity index (χ4n) is 4.25. The topological polar surface area (TPSA) is 103 Å². The highest BCUT2D eigenvalue weighted by Crippen LogP contribution is 2.28. The molecular formula is C27H46N4O5. The molecule has 1 heterocycles. The maximum absolute atomic E-state index is 14.0. The molecule has 0 saturated heterocycles. The van der Waals surface area contributed by atoms with Gasteiger partial charge >= 0.3 is 6.03 Å². The van der Waals surface area contributed by atoms with Gasteiger partial charge in [0.05, 0.1) is 30.4 Å². The van der Waals surface area contributed by atoms with Gasteiger partial charge in [-0.25, -0.2) is 4.79 Å². The summed E-state index contributed by atoms with van der Waals surface area (Å²) in [6.07, 6.45) is 2.57. The predicted octanol–water partition coefficient (Wildman–Crippen LogP) is 3.57. The van der Waals surface area contributed by atoms with Crippen LogP contribution in [-0.4, -0.2) is 91.5 Å². The van der Waals surface area contributed by atoms with Gasteiger partial charge in [-0.1, -0.05) is 6.92 Å². The van der Waals surface area contributed by atoms with E-state index < -0.39 is 6.04 Å². The Morgan fingerprint density at radius 3 is 2.58 bits per heavy atom. The van der Waals surface area contributed by atoms with E-state index >= 15 is 0 Å². The van der Waals surface area contributed by atoms with Crippen LogP contribution in [0.5, 0.6) is 5.75 Å². The van der Waals surface area contributed by atoms with Crippen LogP contribution in [0.3, 0.4) is 0 Å². The Morgan fingerprint density at radius 2 is 1.94 bits per heavy atom. The predicted molar refractivity (Wildman–Crippen MR) is 143 cm³/mol. The Kier molecular flexibility index (Phi) is 11.9. The zero-order valence-corrected chi connectivity index (χ0v) is 23.0. The van der Waals surface area contributed by atoms with Crippen LogP contribution in [0.1, 0.15) is 64.2 Å². The standard InChI is InChI=1S/C27H46N4O5/c1-18(2)28-27(34)29-22-11-12-24-23(14-22)26(33)31(20(4)17-32)15-19(3)25(16-30(6)7)35-13-9-8-10-21(5)36-24/h11-12,14,18-21,25,32H,8-10,13,15-17H2,1-7H3,(H2,28,29,34)/t19-,20-,21-,25-/m1/s1. The second kappa shape index (κ2) is 14.4. The number of carbonyl (C=O) groups is 2. The van der Waals surface area contributed by atoms with Gasteiger partial charge in [-0.05, 0) is 79.3 Å². The minimum Gasteiger partial charge on any atom is -0.490 e. The lowest BCUT2D eigenvalue weighted by molar-refractivity contribution is -0.0137. The van der Waals surface area contributed by atoms with Crippen molar-refractivity contribution in [3.05, 3.63) is 23.8 Å². The van der Waals surface area contributed by atoms with E-state index in [1.807, 2.05) is 41.8 Å². The summed E-state index contributed by atoms with van der Waals surface area (Å²) in [5.41, 5.74) is 0.856. The molecule has 1 aliphatic rings. The van der Waals surface area contributed by atoms with Gasteiger partial charge < -0.3 is 35.0 Å². The van der Waals surface area contributed by atoms with Crippen molar-refractivity contribution >= 4 is 17.6 Å². The van der Waals surface area contributed by atoms with E-state index in [1.54, 1.807) is 23.1 Å². The molecule has 1 aromatic carbocycles. The van der Waals surface area contributed by atoms with Crippen LogP contribution in [0.25, 0.3) is 0 Å². The molecule has 0 fully saturated rings. The molecule has 2 rings (SSSR count). The van der Waals surface area contributed by atoms with Crippen LogP contribution in [0.2, 0.25) is 0 Å². The number of carbonyl (C=O) groups excluding carboxylic acids is 2. The Labute approximate surface area is 216 Å². The van der Waals surface area contributed by atoms with Crippen molar-refractivity contribution in [2.45, 2.75) is 78.2 Å². The van der Waals surface area contributed by atoms with Crippen molar-refractivity contribution in [3.8, 4) is 5.75 Å². The highest BCUT2D eigenvalue weighted by molar-refractivity contribution is 5.99. The summed E-state index contributed by atoms with van der Waals surface area (Å²) in [4.78, 5) is 30.0. The molecule has 0 aromatic heterocycles. The zero-order valence-electron chi connectivity index (χ0n) is 23.0. The summed E-state index contributed by atoms with van der Waals surface area (Å²) in [6.45, 7) is 11.3. The second-order valence-electron chi connectivity index (χ2n) is 10.5. The third-order valence-corrected chi connectivity index (χ3v) is 6.27. The first kappa shape index (κ1) is 29.9. The van der Waals surface area contributed by atoms with E-state index in [0.717, 1.165) is 25.8 Å². The fraction of sp³-hybridized carbons (Fsp3) is 0.704. The number of anilines is 1. The minimum absolute atomic E-state index is 0.0205. The minimum atomic E-state index is -0.404. The number of rotatable bonds is 6. The summed E-state index contributed by atoms with van der Waals surface area (Å²) < 4.78 is 12.5. The number of urea groups is 1. The van der Waals surface area contributed by atoms with Gasteiger partial charge in [-0.15, -0.1) is 0 Å². The first-order valence-corrected chi connectivity index (χ1v) is 13.1. The van der Waals surface area contributed by atoms with Gasteiger partial charge in [0.1, 0.15) is 5.75 Å². The molecule has 0 saturated carbocycles. The highest BCUT2D eigenvalue weighted by atomic mass is 16.5. The van der Waals surface area contributed by atoms with E-state index in [0.29, 0.717) is 30.2 Å². The number of amides is 3. The van der Waals surface area contributed by atoms with Crippen molar-refractivity contribution in [2.75, 3.05) is 45.7 Å². The number of hydrogen-bond acceptors (Lipinski definition) is 6. The zero-order chi connectivity index (χ0) is 26.8. The third-order valence-electron chi connectivity index (χ3n) is 6.27. The molecule has 1 aromatic rings. The van der Waals surface area contributed by atoms with Gasteiger partial charge in [0.2, 0.25) is 0 Å². The number of aliphatic hydroxyl groups is 1. The van der Waals surface area contributed by atoms with Crippen molar-refractivity contribution in [3.63, 3.8) is 0 Å². The molecule has 4 atom stereocenters. The number of ether oxygens (including phenoxy) is 2. The van der Waals surface area contributed by atoms with Crippen LogP contribution in [0.15, 0.2) is 18.2 Å². The third kappa shape index (κ3) is 9.26. The number of hydrogen-bond donors (Lipinski definition) is 3. The van der Waals surface area contributed by atoms with Crippen molar-refractivity contribution in [2.24, 2.45) is 5.92 Å². The number of aliphatic hydroxyl groups excluding tert-OH is 1. The fourth-order valence-corrected chi connectivity index (χ4v) is 4.25. The number of nitrogens with one attached hydrogen (secondary N) is 2. The lowest BCUT2D eigenvalue weighted by atomic mass is 10.0. The average molecular weight is 507 g/mol. The average Bonchev–Trinajstić information content (AvgIpc) is 2.80. The van der Waals surface area contributed by atoms with Crippen LogP contribution in [0.4, 0.5) is 10.5 Å². The molecule has 3 amide bonds. The van der Waals surface area contributed by atoms with Crippen molar-refractivity contribution in [1.82, 2.24) is 15.1 Å². The number of fused-ring (bicyclic) bond motifs is 1. The molecule has 3 N–H and O–H groups in total. The Balaban J connectivity index is 2.46. The van der Waals surface area contributed by atoms with E-state index in [1.165, 1.54) is 0 Å². The van der Waals surface area contributed by atoms with E-state index in [-0.39, 0.29) is 42.7 Å². The maximum Gasteiger partial charge on any atom is 0.319 e. The molecule has 9 nitrogen and oxygen atoms in total. The van der Waals surface area contributed by atoms with Crippen LogP contribution in [-0.2, 0) is 4.74 Å². The summed E-state index contributed by atoms with van der Waals surface area (Å²) in [6, 6.07) is 4.37. The summed E-state index contributed by atoms with van der Waals surface area (Å²) in [5, 5.41) is 15.6. The molecule has 0 unspecified atom stereocenters. The van der Waals surface area contributed by atoms with Gasteiger partial charge in [0.15, 0.2) is 0 Å². The first-order chi connectivity index (χ1) is 17.0. The summed E-state index contributed by atoms with van der Waals surface area (Å²) >= 11 is 0. The lowest BCUT2D eigenvalue weighted by Gasteiger charge is -2.35. The van der Waals surface area contributed by atoms with Crippen LogP contribution >= 0.6 is 0 Å². The molecule has 1 aliphatic heterocycles. The quantitative estimate of drug-likeness (QED) is 0.545. The Bertz CT molecular complexity index is 847. The molecule has 0 aliphatic carbocycles.